The predicted octanol–water partition coefficient (Wildman–Crippen LogP) is 3.03. The molecule has 1 aromatic heterocycles. The maximum atomic E-state index is 12.6. The van der Waals surface area contributed by atoms with Crippen molar-refractivity contribution in [2.24, 2.45) is 0 Å². The monoisotopic (exact) mass is 429 g/mol. The van der Waals surface area contributed by atoms with Gasteiger partial charge in [0.2, 0.25) is 0 Å². The highest BCUT2D eigenvalue weighted by atomic mass is 35.5. The van der Waals surface area contributed by atoms with Crippen molar-refractivity contribution in [3.05, 3.63) is 33.4 Å². The maximum Gasteiger partial charge on any atom is 0.302 e. The molecule has 152 valence electrons. The molecule has 4 unspecified atom stereocenters. The van der Waals surface area contributed by atoms with Gasteiger partial charge < -0.3 is 24.3 Å². The Morgan fingerprint density at radius 2 is 1.86 bits per heavy atom. The summed E-state index contributed by atoms with van der Waals surface area (Å²) < 4.78 is 12.3. The highest BCUT2D eigenvalue weighted by molar-refractivity contribution is 6.43. The van der Waals surface area contributed by atoms with Gasteiger partial charge in [-0.15, -0.1) is 0 Å². The van der Waals surface area contributed by atoms with Gasteiger partial charge in [0.1, 0.15) is 24.9 Å². The van der Waals surface area contributed by atoms with Gasteiger partial charge in [-0.1, -0.05) is 30.1 Å². The number of halogens is 2. The zero-order chi connectivity index (χ0) is 20.7. The molecule has 0 bridgehead atoms. The molecule has 3 rings (SSSR count). The van der Waals surface area contributed by atoms with E-state index in [9.17, 15) is 19.8 Å². The lowest BCUT2D eigenvalue weighted by molar-refractivity contribution is -0.147. The van der Waals surface area contributed by atoms with Crippen molar-refractivity contribution in [3.8, 4) is 0 Å². The number of hydrogen-bond donors (Lipinski definition) is 2. The quantitative estimate of drug-likeness (QED) is 0.559. The Kier molecular flexibility index (Phi) is 6.03. The Morgan fingerprint density at radius 3 is 2.46 bits per heavy atom. The van der Waals surface area contributed by atoms with Gasteiger partial charge in [-0.25, -0.2) is 0 Å². The summed E-state index contributed by atoms with van der Waals surface area (Å²) in [6, 6.07) is 3.21. The van der Waals surface area contributed by atoms with Gasteiger partial charge in [0, 0.05) is 30.0 Å². The molecule has 9 heteroatoms. The first-order valence-electron chi connectivity index (χ1n) is 8.85. The summed E-state index contributed by atoms with van der Waals surface area (Å²) in [5.74, 6) is -0.613. The van der Waals surface area contributed by atoms with Crippen molar-refractivity contribution in [2.75, 3.05) is 6.61 Å². The molecular formula is C19H21Cl2NO6. The zero-order valence-electron chi connectivity index (χ0n) is 15.6. The second-order valence-corrected chi connectivity index (χ2v) is 7.55. The number of nitrogens with zero attached hydrogens (tertiary/aromatic N) is 1. The zero-order valence-corrected chi connectivity index (χ0v) is 17.1. The third-order valence-electron chi connectivity index (χ3n) is 4.93. The topological polar surface area (TPSA) is 98.0 Å². The molecule has 0 spiro atoms. The molecule has 4 atom stereocenters. The number of Topliss-reactive ketones (excluding diaryl/α,β-unsaturated/α-hetero) is 1. The molecule has 1 aromatic carbocycles. The lowest BCUT2D eigenvalue weighted by Crippen LogP contribution is -2.34. The first kappa shape index (κ1) is 21.1. The second-order valence-electron chi connectivity index (χ2n) is 6.74. The van der Waals surface area contributed by atoms with Crippen LogP contribution in [-0.4, -0.2) is 51.5 Å². The van der Waals surface area contributed by atoms with E-state index in [0.29, 0.717) is 27.2 Å². The first-order valence-corrected chi connectivity index (χ1v) is 9.60. The molecule has 2 N–H and O–H groups in total. The minimum atomic E-state index is -1.30. The minimum Gasteiger partial charge on any atom is -0.463 e. The number of ether oxygens (including phenoxy) is 2. The number of esters is 1. The van der Waals surface area contributed by atoms with E-state index in [0.717, 1.165) is 0 Å². The molecule has 2 aromatic rings. The SMILES string of the molecule is CCC(=O)c1c(C)n(C2OC(COC(C)=O)C(O)C2O)c2cc(Cl)c(Cl)cc12. The summed E-state index contributed by atoms with van der Waals surface area (Å²) in [6.07, 6.45) is -4.18. The maximum absolute atomic E-state index is 12.6. The number of aliphatic hydroxyl groups excluding tert-OH is 2. The number of carbonyl (C=O) groups excluding carboxylic acids is 2. The van der Waals surface area contributed by atoms with Crippen LogP contribution < -0.4 is 0 Å². The van der Waals surface area contributed by atoms with Crippen LogP contribution in [0.3, 0.4) is 0 Å². The highest BCUT2D eigenvalue weighted by Gasteiger charge is 2.45. The van der Waals surface area contributed by atoms with E-state index in [2.05, 4.69) is 0 Å². The summed E-state index contributed by atoms with van der Waals surface area (Å²) in [5.41, 5.74) is 1.57. The number of benzene rings is 1. The van der Waals surface area contributed by atoms with Crippen LogP contribution in [0.1, 0.15) is 42.5 Å². The molecule has 0 aliphatic carbocycles. The van der Waals surface area contributed by atoms with E-state index >= 15 is 0 Å². The van der Waals surface area contributed by atoms with Crippen molar-refractivity contribution >= 4 is 45.9 Å². The fourth-order valence-electron chi connectivity index (χ4n) is 3.57. The van der Waals surface area contributed by atoms with Gasteiger partial charge in [0.25, 0.3) is 0 Å². The molecule has 1 fully saturated rings. The molecule has 28 heavy (non-hydrogen) atoms. The number of aromatic nitrogens is 1. The van der Waals surface area contributed by atoms with Crippen molar-refractivity contribution < 1.29 is 29.3 Å². The smallest absolute Gasteiger partial charge is 0.302 e. The third-order valence-corrected chi connectivity index (χ3v) is 5.66. The Balaban J connectivity index is 2.12. The second kappa shape index (κ2) is 8.00. The number of ketones is 1. The summed E-state index contributed by atoms with van der Waals surface area (Å²) in [4.78, 5) is 23.6. The van der Waals surface area contributed by atoms with Crippen molar-refractivity contribution in [1.29, 1.82) is 0 Å². The number of carbonyl (C=O) groups is 2. The third kappa shape index (κ3) is 3.53. The fourth-order valence-corrected chi connectivity index (χ4v) is 3.89. The standard InChI is InChI=1S/C19H21Cl2NO6/c1-4-14(24)16-8(2)22(13-6-12(21)11(20)5-10(13)16)19-18(26)17(25)15(28-19)7-27-9(3)23/h5-6,15,17-19,25-26H,4,7H2,1-3H3. The van der Waals surface area contributed by atoms with E-state index in [1.165, 1.54) is 6.92 Å². The van der Waals surface area contributed by atoms with Crippen molar-refractivity contribution in [1.82, 2.24) is 4.57 Å². The Hall–Kier alpha value is -1.64. The molecular weight excluding hydrogens is 409 g/mol. The van der Waals surface area contributed by atoms with Gasteiger partial charge in [-0.2, -0.15) is 0 Å². The molecule has 1 saturated heterocycles. The summed E-state index contributed by atoms with van der Waals surface area (Å²) >= 11 is 12.3. The van der Waals surface area contributed by atoms with Crippen LogP contribution in [0.25, 0.3) is 10.9 Å². The average Bonchev–Trinajstić information content (AvgIpc) is 3.07. The lowest BCUT2D eigenvalue weighted by Gasteiger charge is -2.20. The highest BCUT2D eigenvalue weighted by Crippen LogP contribution is 2.39. The molecule has 0 saturated carbocycles. The van der Waals surface area contributed by atoms with E-state index in [1.54, 1.807) is 30.5 Å². The Bertz CT molecular complexity index is 940. The number of rotatable bonds is 5. The van der Waals surface area contributed by atoms with E-state index in [4.69, 9.17) is 32.7 Å². The van der Waals surface area contributed by atoms with Gasteiger partial charge in [0.05, 0.1) is 15.6 Å². The minimum absolute atomic E-state index is 0.0934. The van der Waals surface area contributed by atoms with Gasteiger partial charge in [-0.05, 0) is 19.1 Å². The largest absolute Gasteiger partial charge is 0.463 e. The lowest BCUT2D eigenvalue weighted by atomic mass is 10.1. The van der Waals surface area contributed by atoms with Crippen LogP contribution in [0.2, 0.25) is 10.0 Å². The van der Waals surface area contributed by atoms with E-state index < -0.39 is 30.5 Å². The molecule has 1 aliphatic heterocycles. The molecule has 1 aliphatic rings. The predicted molar refractivity (Wildman–Crippen MR) is 104 cm³/mol. The van der Waals surface area contributed by atoms with Gasteiger partial charge in [-0.3, -0.25) is 9.59 Å². The van der Waals surface area contributed by atoms with Gasteiger partial charge in [0.15, 0.2) is 12.0 Å². The van der Waals surface area contributed by atoms with Gasteiger partial charge >= 0.3 is 5.97 Å². The van der Waals surface area contributed by atoms with Crippen LogP contribution >= 0.6 is 23.2 Å². The van der Waals surface area contributed by atoms with E-state index in [-0.39, 0.29) is 23.8 Å². The first-order chi connectivity index (χ1) is 13.2. The number of hydrogen-bond acceptors (Lipinski definition) is 6. The van der Waals surface area contributed by atoms with Crippen LogP contribution in [0.5, 0.6) is 0 Å². The Labute approximate surface area is 171 Å². The molecule has 7 nitrogen and oxygen atoms in total. The van der Waals surface area contributed by atoms with Crippen molar-refractivity contribution in [3.63, 3.8) is 0 Å². The summed E-state index contributed by atoms with van der Waals surface area (Å²) in [6.45, 7) is 4.53. The van der Waals surface area contributed by atoms with Crippen molar-refractivity contribution in [2.45, 2.75) is 51.7 Å². The molecule has 2 heterocycles. The fraction of sp³-hybridized carbons (Fsp3) is 0.474. The Morgan fingerprint density at radius 1 is 1.21 bits per heavy atom. The number of aliphatic hydroxyl groups is 2. The van der Waals surface area contributed by atoms with Crippen LogP contribution in [0.15, 0.2) is 12.1 Å². The number of fused-ring (bicyclic) bond motifs is 1. The van der Waals surface area contributed by atoms with Crippen LogP contribution in [0.4, 0.5) is 0 Å². The van der Waals surface area contributed by atoms with E-state index in [1.807, 2.05) is 0 Å². The summed E-state index contributed by atoms with van der Waals surface area (Å²) in [5, 5.41) is 22.1. The molecule has 0 amide bonds. The normalized spacial score (nSPS) is 24.7. The average molecular weight is 430 g/mol. The summed E-state index contributed by atoms with van der Waals surface area (Å²) in [7, 11) is 0. The molecule has 0 radical (unpaired) electrons. The van der Waals surface area contributed by atoms with Crippen LogP contribution in [-0.2, 0) is 14.3 Å². The van der Waals surface area contributed by atoms with Crippen LogP contribution in [0, 0.1) is 6.92 Å².